The molecule has 2 aliphatic rings. The van der Waals surface area contributed by atoms with E-state index >= 15 is 0 Å². The molecule has 6 aromatic carbocycles. The highest BCUT2D eigenvalue weighted by Gasteiger charge is 2.36. The first kappa shape index (κ1) is 55.1. The van der Waals surface area contributed by atoms with Crippen molar-refractivity contribution in [1.29, 1.82) is 0 Å². The van der Waals surface area contributed by atoms with Crippen LogP contribution in [0.3, 0.4) is 0 Å². The molecule has 2 aromatic heterocycles. The molecular weight excluding hydrogens is 1060 g/mol. The van der Waals surface area contributed by atoms with Gasteiger partial charge in [-0.15, -0.1) is 0 Å². The molecule has 412 valence electrons. The molecule has 0 atom stereocenters. The Hall–Kier alpha value is -8.26. The minimum Gasteiger partial charge on any atom is -0.496 e. The zero-order chi connectivity index (χ0) is 56.3. The topological polar surface area (TPSA) is 192 Å². The summed E-state index contributed by atoms with van der Waals surface area (Å²) in [6.45, 7) is 10.1. The molecule has 0 radical (unpaired) electrons. The van der Waals surface area contributed by atoms with E-state index in [1.165, 1.54) is 67.5 Å². The normalized spacial score (nSPS) is 14.5. The fourth-order valence-electron chi connectivity index (χ4n) is 10.5. The molecule has 16 nitrogen and oxygen atoms in total. The number of amides is 3. The number of aromatic nitrogens is 2. The molecule has 2 saturated heterocycles. The lowest BCUT2D eigenvalue weighted by molar-refractivity contribution is -0.137. The lowest BCUT2D eigenvalue weighted by Gasteiger charge is -2.39. The third-order valence-corrected chi connectivity index (χ3v) is 17.8. The second kappa shape index (κ2) is 22.8. The number of ether oxygens (including phenoxy) is 1. The monoisotopic (exact) mass is 1120 g/mol. The molecule has 0 bridgehead atoms. The number of carbonyl (C=O) groups is 3. The number of pyridine rings is 2. The van der Waals surface area contributed by atoms with Crippen molar-refractivity contribution >= 4 is 70.9 Å². The minimum absolute atomic E-state index is 0.0891. The number of hydrogen-bond acceptors (Lipinski definition) is 11. The number of fused-ring (bicyclic) bond motifs is 2. The van der Waals surface area contributed by atoms with Gasteiger partial charge in [0.25, 0.3) is 31.9 Å². The van der Waals surface area contributed by atoms with Gasteiger partial charge >= 0.3 is 0 Å². The van der Waals surface area contributed by atoms with Gasteiger partial charge in [0.05, 0.1) is 40.5 Å². The Balaban J connectivity index is 0.808. The SMILES string of the molecule is COc1cc(NS(=O)(=O)c2cccc3cc(-c4cc(S(=O)(=O)Nc5ccc(C(=O)N6CCN(CCCc7ccccc7)CC6)cc5C)c5ncccc5c4)cnc23)ccc1C(=O)N1CCN(C(=O)C(C)(C)c2ccc(F)cc2)CC1. The number of sulfonamides is 2. The van der Waals surface area contributed by atoms with Crippen LogP contribution in [0.15, 0.2) is 162 Å². The number of halogens is 1. The Morgan fingerprint density at radius 1 is 0.637 bits per heavy atom. The first-order valence-corrected chi connectivity index (χ1v) is 29.4. The number of carbonyl (C=O) groups excluding carboxylic acids is 3. The highest BCUT2D eigenvalue weighted by atomic mass is 32.2. The Bertz CT molecular complexity index is 3890. The third kappa shape index (κ3) is 11.7. The number of methoxy groups -OCH3 is 1. The van der Waals surface area contributed by atoms with Gasteiger partial charge in [-0.1, -0.05) is 60.7 Å². The van der Waals surface area contributed by atoms with Crippen LogP contribution in [0.1, 0.15) is 57.7 Å². The number of para-hydroxylation sites is 1. The number of anilines is 2. The van der Waals surface area contributed by atoms with Crippen LogP contribution >= 0.6 is 0 Å². The van der Waals surface area contributed by atoms with Gasteiger partial charge < -0.3 is 19.4 Å². The number of nitrogens with one attached hydrogen (secondary N) is 2. The summed E-state index contributed by atoms with van der Waals surface area (Å²) in [4.78, 5) is 57.5. The number of nitrogens with zero attached hydrogens (tertiary/aromatic N) is 6. The molecule has 8 aromatic rings. The highest BCUT2D eigenvalue weighted by Crippen LogP contribution is 2.35. The predicted octanol–water partition coefficient (Wildman–Crippen LogP) is 9.16. The predicted molar refractivity (Wildman–Crippen MR) is 307 cm³/mol. The standard InChI is InChI=1S/C61H61FN8O8S2/c1-41-35-45(58(71)68-29-27-67(28-30-68)26-10-13-42-11-6-5-7-12-42)17-24-52(41)66-80(76,77)55-38-46(36-44-15-9-25-63-57(44)55)47-37-43-14-8-16-54(56(43)64-40-47)79(74,75)65-50-22-23-51(53(39-50)78-4)59(72)69-31-33-70(34-32-69)60(73)61(2,3)48-18-20-49(62)21-19-48/h5-9,11-12,14-25,35-40,65-66H,10,13,26-34H2,1-4H3. The van der Waals surface area contributed by atoms with Gasteiger partial charge in [0.15, 0.2) is 0 Å². The lowest BCUT2D eigenvalue weighted by atomic mass is 9.83. The van der Waals surface area contributed by atoms with Gasteiger partial charge in [-0.05, 0) is 135 Å². The summed E-state index contributed by atoms with van der Waals surface area (Å²) in [5, 5.41) is 1.01. The van der Waals surface area contributed by atoms with Gasteiger partial charge in [-0.25, -0.2) is 21.2 Å². The number of aryl methyl sites for hydroxylation is 2. The fourth-order valence-corrected chi connectivity index (χ4v) is 13.0. The Morgan fingerprint density at radius 3 is 2.00 bits per heavy atom. The van der Waals surface area contributed by atoms with E-state index in [9.17, 15) is 35.6 Å². The molecule has 19 heteroatoms. The van der Waals surface area contributed by atoms with E-state index in [1.54, 1.807) is 97.3 Å². The molecule has 0 spiro atoms. The maximum atomic E-state index is 14.4. The molecule has 80 heavy (non-hydrogen) atoms. The fraction of sp³-hybridized carbons (Fsp3) is 0.262. The summed E-state index contributed by atoms with van der Waals surface area (Å²) in [7, 11) is -7.20. The maximum Gasteiger partial charge on any atom is 0.264 e. The molecule has 0 saturated carbocycles. The lowest BCUT2D eigenvalue weighted by Crippen LogP contribution is -2.54. The quantitative estimate of drug-likeness (QED) is 0.0938. The molecule has 3 amide bonds. The van der Waals surface area contributed by atoms with E-state index in [4.69, 9.17) is 4.74 Å². The van der Waals surface area contributed by atoms with Gasteiger partial charge in [-0.3, -0.25) is 38.7 Å². The number of piperazine rings is 2. The molecule has 10 rings (SSSR count). The molecule has 0 unspecified atom stereocenters. The van der Waals surface area contributed by atoms with E-state index in [0.29, 0.717) is 57.4 Å². The van der Waals surface area contributed by atoms with Crippen molar-refractivity contribution in [2.75, 3.05) is 75.5 Å². The van der Waals surface area contributed by atoms with Crippen molar-refractivity contribution in [2.45, 2.75) is 48.8 Å². The molecule has 0 aliphatic carbocycles. The highest BCUT2D eigenvalue weighted by molar-refractivity contribution is 7.93. The minimum atomic E-state index is -4.30. The zero-order valence-corrected chi connectivity index (χ0v) is 46.5. The summed E-state index contributed by atoms with van der Waals surface area (Å²) in [5.41, 5.74) is 4.18. The van der Waals surface area contributed by atoms with Crippen LogP contribution in [-0.4, -0.2) is 130 Å². The van der Waals surface area contributed by atoms with Gasteiger partial charge in [0.2, 0.25) is 5.91 Å². The molecule has 2 aliphatic heterocycles. The summed E-state index contributed by atoms with van der Waals surface area (Å²) < 4.78 is 81.7. The Labute approximate surface area is 465 Å². The maximum absolute atomic E-state index is 14.4. The number of benzene rings is 6. The van der Waals surface area contributed by atoms with Crippen LogP contribution in [-0.2, 0) is 36.7 Å². The zero-order valence-electron chi connectivity index (χ0n) is 44.9. The first-order valence-electron chi connectivity index (χ1n) is 26.4. The van der Waals surface area contributed by atoms with Gasteiger partial charge in [0, 0.05) is 92.7 Å². The Morgan fingerprint density at radius 2 is 1.29 bits per heavy atom. The molecule has 2 fully saturated rings. The van der Waals surface area contributed by atoms with Crippen LogP contribution in [0.5, 0.6) is 5.75 Å². The first-order chi connectivity index (χ1) is 38.4. The van der Waals surface area contributed by atoms with E-state index in [1.807, 2.05) is 11.0 Å². The summed E-state index contributed by atoms with van der Waals surface area (Å²) >= 11 is 0. The summed E-state index contributed by atoms with van der Waals surface area (Å²) in [5.74, 6) is -0.842. The van der Waals surface area contributed by atoms with Crippen molar-refractivity contribution in [3.63, 3.8) is 0 Å². The van der Waals surface area contributed by atoms with Crippen LogP contribution in [0.4, 0.5) is 15.8 Å². The van der Waals surface area contributed by atoms with Crippen molar-refractivity contribution in [3.05, 3.63) is 186 Å². The smallest absolute Gasteiger partial charge is 0.264 e. The van der Waals surface area contributed by atoms with E-state index < -0.39 is 25.5 Å². The molecule has 2 N–H and O–H groups in total. The molecule has 4 heterocycles. The van der Waals surface area contributed by atoms with Crippen LogP contribution in [0.25, 0.3) is 32.9 Å². The summed E-state index contributed by atoms with van der Waals surface area (Å²) in [6, 6.07) is 38.8. The van der Waals surface area contributed by atoms with Crippen LogP contribution < -0.4 is 14.2 Å². The van der Waals surface area contributed by atoms with Gasteiger partial charge in [-0.2, -0.15) is 0 Å². The average Bonchev–Trinajstić information content (AvgIpc) is 3.51. The van der Waals surface area contributed by atoms with E-state index in [0.717, 1.165) is 32.5 Å². The Kier molecular flexibility index (Phi) is 15.7. The van der Waals surface area contributed by atoms with Crippen molar-refractivity contribution < 1.29 is 40.3 Å². The van der Waals surface area contributed by atoms with Crippen molar-refractivity contribution in [2.24, 2.45) is 0 Å². The average molecular weight is 1120 g/mol. The largest absolute Gasteiger partial charge is 0.496 e. The van der Waals surface area contributed by atoms with E-state index in [2.05, 4.69) is 48.6 Å². The number of hydrogen-bond donors (Lipinski definition) is 2. The van der Waals surface area contributed by atoms with Crippen molar-refractivity contribution in [1.82, 2.24) is 29.6 Å². The van der Waals surface area contributed by atoms with Gasteiger partial charge in [0.1, 0.15) is 21.4 Å². The van der Waals surface area contributed by atoms with Crippen molar-refractivity contribution in [3.8, 4) is 16.9 Å². The second-order valence-electron chi connectivity index (χ2n) is 20.7. The second-order valence-corrected chi connectivity index (χ2v) is 24.0. The van der Waals surface area contributed by atoms with Crippen LogP contribution in [0, 0.1) is 12.7 Å². The molecular formula is C61H61FN8O8S2. The van der Waals surface area contributed by atoms with Crippen LogP contribution in [0.2, 0.25) is 0 Å². The summed E-state index contributed by atoms with van der Waals surface area (Å²) in [6.07, 6.45) is 5.05. The third-order valence-electron chi connectivity index (χ3n) is 15.1. The number of rotatable bonds is 16. The van der Waals surface area contributed by atoms with E-state index in [-0.39, 0.29) is 87.5 Å².